The van der Waals surface area contributed by atoms with Crippen molar-refractivity contribution in [1.82, 2.24) is 14.9 Å². The third-order valence-electron chi connectivity index (χ3n) is 3.52. The number of aliphatic hydroxyl groups is 2. The number of amidine groups is 1. The van der Waals surface area contributed by atoms with Crippen LogP contribution in [-0.2, 0) is 4.74 Å². The molecule has 2 saturated heterocycles. The Kier molecular flexibility index (Phi) is 5.27. The molecule has 0 saturated carbocycles. The SMILES string of the molecule is C=[N+]=C(NC)SC1CC(O)C(O)C(CN2CCC2)O1. The van der Waals surface area contributed by atoms with Crippen molar-refractivity contribution >= 4 is 23.6 Å². The molecule has 2 fully saturated rings. The van der Waals surface area contributed by atoms with E-state index < -0.39 is 12.2 Å². The normalized spacial score (nSPS) is 35.3. The van der Waals surface area contributed by atoms with Crippen molar-refractivity contribution in [2.45, 2.75) is 36.6 Å². The van der Waals surface area contributed by atoms with Gasteiger partial charge in [-0.15, -0.1) is 0 Å². The predicted octanol–water partition coefficient (Wildman–Crippen LogP) is -1.39. The van der Waals surface area contributed by atoms with E-state index in [0.29, 0.717) is 18.1 Å². The van der Waals surface area contributed by atoms with Gasteiger partial charge < -0.3 is 19.8 Å². The van der Waals surface area contributed by atoms with Gasteiger partial charge in [0.2, 0.25) is 0 Å². The number of hydrogen-bond acceptors (Lipinski definition) is 5. The van der Waals surface area contributed by atoms with Crippen molar-refractivity contribution < 1.29 is 14.9 Å². The number of thioether (sulfide) groups is 1. The zero-order valence-corrected chi connectivity index (χ0v) is 12.0. The lowest BCUT2D eigenvalue weighted by Gasteiger charge is -2.41. The van der Waals surface area contributed by atoms with Crippen molar-refractivity contribution in [3.8, 4) is 0 Å². The van der Waals surface area contributed by atoms with Gasteiger partial charge in [-0.2, -0.15) is 0 Å². The van der Waals surface area contributed by atoms with Crippen molar-refractivity contribution in [1.29, 1.82) is 0 Å². The van der Waals surface area contributed by atoms with E-state index in [0.717, 1.165) is 13.1 Å². The molecule has 0 amide bonds. The lowest BCUT2D eigenvalue weighted by Crippen LogP contribution is -2.54. The van der Waals surface area contributed by atoms with Gasteiger partial charge in [0.05, 0.1) is 13.2 Å². The quantitative estimate of drug-likeness (QED) is 0.337. The lowest BCUT2D eigenvalue weighted by atomic mass is 10.0. The number of rotatable bonds is 3. The average Bonchev–Trinajstić information content (AvgIpc) is 2.36. The van der Waals surface area contributed by atoms with Crippen LogP contribution in [0.4, 0.5) is 0 Å². The van der Waals surface area contributed by atoms with Gasteiger partial charge in [-0.1, -0.05) is 0 Å². The maximum absolute atomic E-state index is 10.0. The minimum Gasteiger partial charge on any atom is -0.390 e. The number of nitrogens with one attached hydrogen (secondary N) is 1. The van der Waals surface area contributed by atoms with Crippen LogP contribution >= 0.6 is 11.8 Å². The Morgan fingerprint density at radius 2 is 2.26 bits per heavy atom. The molecule has 4 atom stereocenters. The zero-order chi connectivity index (χ0) is 13.8. The summed E-state index contributed by atoms with van der Waals surface area (Å²) >= 11 is 1.39. The summed E-state index contributed by atoms with van der Waals surface area (Å²) < 4.78 is 9.71. The maximum Gasteiger partial charge on any atom is 0.405 e. The van der Waals surface area contributed by atoms with Gasteiger partial charge in [-0.25, -0.2) is 4.67 Å². The summed E-state index contributed by atoms with van der Waals surface area (Å²) in [6.07, 6.45) is -0.318. The highest BCUT2D eigenvalue weighted by Gasteiger charge is 2.39. The Morgan fingerprint density at radius 1 is 1.53 bits per heavy atom. The molecule has 2 aliphatic rings. The van der Waals surface area contributed by atoms with E-state index >= 15 is 0 Å². The topological polar surface area (TPSA) is 79.1 Å². The number of nitrogens with zero attached hydrogens (tertiary/aromatic N) is 2. The van der Waals surface area contributed by atoms with Crippen LogP contribution in [0.1, 0.15) is 12.8 Å². The fourth-order valence-electron chi connectivity index (χ4n) is 2.26. The summed E-state index contributed by atoms with van der Waals surface area (Å²) in [4.78, 5) is 2.22. The van der Waals surface area contributed by atoms with Crippen molar-refractivity contribution in [3.05, 3.63) is 0 Å². The number of likely N-dealkylation sites (tertiary alicyclic amines) is 1. The van der Waals surface area contributed by atoms with Crippen molar-refractivity contribution in [3.63, 3.8) is 0 Å². The average molecular weight is 288 g/mol. The minimum absolute atomic E-state index is 0.211. The molecule has 7 heteroatoms. The Morgan fingerprint density at radius 3 is 2.79 bits per heavy atom. The molecule has 0 aromatic heterocycles. The maximum atomic E-state index is 10.0. The Labute approximate surface area is 117 Å². The Hall–Kier alpha value is -0.560. The lowest BCUT2D eigenvalue weighted by molar-refractivity contribution is -0.153. The molecule has 2 aliphatic heterocycles. The second kappa shape index (κ2) is 6.74. The smallest absolute Gasteiger partial charge is 0.390 e. The standard InChI is InChI=1S/C12H21N3O3S/c1-13-12(14-2)19-10-6-8(16)11(17)9(18-10)7-15-4-3-5-15/h8-11,16-17H,1,3-7H2,2H3/p+1. The van der Waals surface area contributed by atoms with Crippen LogP contribution in [0.3, 0.4) is 0 Å². The molecule has 19 heavy (non-hydrogen) atoms. The van der Waals surface area contributed by atoms with E-state index in [1.165, 1.54) is 18.2 Å². The molecule has 0 aromatic carbocycles. The minimum atomic E-state index is -0.813. The monoisotopic (exact) mass is 288 g/mol. The highest BCUT2D eigenvalue weighted by molar-refractivity contribution is 8.14. The fraction of sp³-hybridized carbons (Fsp3) is 0.833. The molecule has 0 aromatic rings. The van der Waals surface area contributed by atoms with Crippen LogP contribution in [0.5, 0.6) is 0 Å². The highest BCUT2D eigenvalue weighted by Crippen LogP contribution is 2.28. The van der Waals surface area contributed by atoms with Gasteiger partial charge in [0.1, 0.15) is 17.6 Å². The van der Waals surface area contributed by atoms with E-state index in [4.69, 9.17) is 4.74 Å². The van der Waals surface area contributed by atoms with Crippen molar-refractivity contribution in [2.75, 3.05) is 26.7 Å². The molecular formula is C12H22N3O3S+. The molecule has 0 spiro atoms. The summed E-state index contributed by atoms with van der Waals surface area (Å²) in [7, 11) is 1.77. The van der Waals surface area contributed by atoms with Crippen molar-refractivity contribution in [2.24, 2.45) is 0 Å². The van der Waals surface area contributed by atoms with Crippen LogP contribution in [0.15, 0.2) is 0 Å². The Bertz CT molecular complexity index is 358. The van der Waals surface area contributed by atoms with E-state index in [9.17, 15) is 10.2 Å². The van der Waals surface area contributed by atoms with Gasteiger partial charge in [-0.05, 0) is 19.5 Å². The molecular weight excluding hydrogens is 266 g/mol. The first-order chi connectivity index (χ1) is 9.13. The van der Waals surface area contributed by atoms with E-state index in [2.05, 4.69) is 21.6 Å². The second-order valence-corrected chi connectivity index (χ2v) is 6.03. The third kappa shape index (κ3) is 3.72. The molecule has 4 unspecified atom stereocenters. The molecule has 0 radical (unpaired) electrons. The second-order valence-electron chi connectivity index (χ2n) is 4.88. The summed E-state index contributed by atoms with van der Waals surface area (Å²) in [6.45, 7) is 6.24. The molecule has 0 bridgehead atoms. The van der Waals surface area contributed by atoms with E-state index in [1.807, 2.05) is 0 Å². The van der Waals surface area contributed by atoms with E-state index in [-0.39, 0.29) is 11.5 Å². The van der Waals surface area contributed by atoms with Gasteiger partial charge in [0.15, 0.2) is 6.72 Å². The van der Waals surface area contributed by atoms with Gasteiger partial charge in [0.25, 0.3) is 0 Å². The van der Waals surface area contributed by atoms with Gasteiger partial charge in [0, 0.05) is 24.7 Å². The van der Waals surface area contributed by atoms with Gasteiger partial charge >= 0.3 is 5.17 Å². The number of ether oxygens (including phenoxy) is 1. The van der Waals surface area contributed by atoms with Crippen LogP contribution in [-0.4, -0.2) is 77.4 Å². The number of aliphatic hydroxyl groups excluding tert-OH is 2. The largest absolute Gasteiger partial charge is 0.405 e. The molecule has 3 N–H and O–H groups in total. The zero-order valence-electron chi connectivity index (χ0n) is 11.2. The highest BCUT2D eigenvalue weighted by atomic mass is 32.2. The van der Waals surface area contributed by atoms with Crippen LogP contribution in [0, 0.1) is 0 Å². The molecule has 2 heterocycles. The molecule has 2 rings (SSSR count). The predicted molar refractivity (Wildman–Crippen MR) is 77.3 cm³/mol. The van der Waals surface area contributed by atoms with Crippen LogP contribution in [0.2, 0.25) is 0 Å². The first-order valence-corrected chi connectivity index (χ1v) is 7.44. The fourth-order valence-corrected chi connectivity index (χ4v) is 3.19. The number of hydrogen-bond donors (Lipinski definition) is 3. The molecule has 6 nitrogen and oxygen atoms in total. The first-order valence-electron chi connectivity index (χ1n) is 6.56. The summed E-state index contributed by atoms with van der Waals surface area (Å²) in [5.41, 5.74) is -0.211. The molecule has 0 aliphatic carbocycles. The molecule has 108 valence electrons. The first kappa shape index (κ1) is 14.8. The Balaban J connectivity index is 1.92. The summed E-state index contributed by atoms with van der Waals surface area (Å²) in [5, 5.41) is 23.5. The summed E-state index contributed by atoms with van der Waals surface area (Å²) in [6, 6.07) is 0. The van der Waals surface area contributed by atoms with Gasteiger partial charge in [-0.3, -0.25) is 5.32 Å². The third-order valence-corrected chi connectivity index (χ3v) is 4.65. The van der Waals surface area contributed by atoms with E-state index in [1.54, 1.807) is 7.05 Å². The van der Waals surface area contributed by atoms with Crippen LogP contribution < -0.4 is 9.98 Å². The van der Waals surface area contributed by atoms with Crippen LogP contribution in [0.25, 0.3) is 0 Å². The summed E-state index contributed by atoms with van der Waals surface area (Å²) in [5.74, 6) is 0.